The third-order valence-corrected chi connectivity index (χ3v) is 4.23. The molecule has 3 aromatic rings. The summed E-state index contributed by atoms with van der Waals surface area (Å²) in [5.74, 6) is 2.53. The van der Waals surface area contributed by atoms with Crippen molar-refractivity contribution in [2.24, 2.45) is 0 Å². The predicted molar refractivity (Wildman–Crippen MR) is 113 cm³/mol. The van der Waals surface area contributed by atoms with Gasteiger partial charge in [-0.25, -0.2) is 4.79 Å². The van der Waals surface area contributed by atoms with Gasteiger partial charge in [0.05, 0.1) is 40.2 Å². The molecule has 0 unspecified atom stereocenters. The lowest BCUT2D eigenvalue weighted by Crippen LogP contribution is -2.28. The summed E-state index contributed by atoms with van der Waals surface area (Å²) >= 11 is 0. The van der Waals surface area contributed by atoms with Gasteiger partial charge in [0.15, 0.2) is 11.5 Å². The fourth-order valence-electron chi connectivity index (χ4n) is 2.83. The Morgan fingerprint density at radius 3 is 2.39 bits per heavy atom. The van der Waals surface area contributed by atoms with Crippen LogP contribution in [0.2, 0.25) is 0 Å². The van der Waals surface area contributed by atoms with Gasteiger partial charge < -0.3 is 34.1 Å². The quantitative estimate of drug-likeness (QED) is 0.532. The molecule has 0 radical (unpaired) electrons. The standard InChI is InChI=1S/C21H24N4O6/c1-5-30-15-9-7-6-8-14(15)23-21(26)22-12-18-24-20(25-31-18)13-10-16(27-2)19(29-4)17(11-13)28-3/h6-11H,5,12H2,1-4H3,(H2,22,23,26). The van der Waals surface area contributed by atoms with Crippen LogP contribution < -0.4 is 29.6 Å². The maximum Gasteiger partial charge on any atom is 0.319 e. The van der Waals surface area contributed by atoms with Crippen LogP contribution in [0.15, 0.2) is 40.9 Å². The first kappa shape index (κ1) is 21.8. The van der Waals surface area contributed by atoms with Crippen molar-refractivity contribution in [3.63, 3.8) is 0 Å². The van der Waals surface area contributed by atoms with Gasteiger partial charge >= 0.3 is 6.03 Å². The molecule has 164 valence electrons. The molecule has 2 amide bonds. The molecular weight excluding hydrogens is 404 g/mol. The van der Waals surface area contributed by atoms with E-state index in [0.717, 1.165) is 0 Å². The molecule has 0 spiro atoms. The molecule has 0 aliphatic rings. The number of para-hydroxylation sites is 2. The molecule has 2 N–H and O–H groups in total. The summed E-state index contributed by atoms with van der Waals surface area (Å²) < 4.78 is 26.7. The van der Waals surface area contributed by atoms with E-state index in [0.29, 0.717) is 46.7 Å². The van der Waals surface area contributed by atoms with Crippen LogP contribution in [0.1, 0.15) is 12.8 Å². The molecule has 2 aromatic carbocycles. The molecule has 0 saturated heterocycles. The number of anilines is 1. The molecule has 0 aliphatic heterocycles. The Labute approximate surface area is 179 Å². The van der Waals surface area contributed by atoms with Gasteiger partial charge in [0.2, 0.25) is 17.5 Å². The topological polar surface area (TPSA) is 117 Å². The number of hydrogen-bond donors (Lipinski definition) is 2. The summed E-state index contributed by atoms with van der Waals surface area (Å²) in [7, 11) is 4.57. The summed E-state index contributed by atoms with van der Waals surface area (Å²) in [6.45, 7) is 2.41. The minimum atomic E-state index is -0.431. The highest BCUT2D eigenvalue weighted by atomic mass is 16.5. The summed E-state index contributed by atoms with van der Waals surface area (Å²) in [6.07, 6.45) is 0. The molecule has 0 atom stereocenters. The van der Waals surface area contributed by atoms with E-state index < -0.39 is 6.03 Å². The molecule has 0 fully saturated rings. The number of aromatic nitrogens is 2. The van der Waals surface area contributed by atoms with E-state index in [1.165, 1.54) is 21.3 Å². The maximum absolute atomic E-state index is 12.2. The Morgan fingerprint density at radius 1 is 1.03 bits per heavy atom. The van der Waals surface area contributed by atoms with Crippen molar-refractivity contribution in [3.05, 3.63) is 42.3 Å². The number of nitrogens with zero attached hydrogens (tertiary/aromatic N) is 2. The SMILES string of the molecule is CCOc1ccccc1NC(=O)NCc1nc(-c2cc(OC)c(OC)c(OC)c2)no1. The first-order valence-corrected chi connectivity index (χ1v) is 9.49. The first-order valence-electron chi connectivity index (χ1n) is 9.49. The Hall–Kier alpha value is -3.95. The van der Waals surface area contributed by atoms with Gasteiger partial charge in [-0.15, -0.1) is 0 Å². The number of carbonyl (C=O) groups excluding carboxylic acids is 1. The van der Waals surface area contributed by atoms with Crippen molar-refractivity contribution in [3.8, 4) is 34.4 Å². The third-order valence-electron chi connectivity index (χ3n) is 4.23. The first-order chi connectivity index (χ1) is 15.1. The van der Waals surface area contributed by atoms with Crippen LogP contribution in [0, 0.1) is 0 Å². The van der Waals surface area contributed by atoms with Crippen LogP contribution in [0.5, 0.6) is 23.0 Å². The zero-order valence-corrected chi connectivity index (χ0v) is 17.7. The zero-order valence-electron chi connectivity index (χ0n) is 17.7. The highest BCUT2D eigenvalue weighted by Gasteiger charge is 2.17. The highest BCUT2D eigenvalue weighted by Crippen LogP contribution is 2.40. The van der Waals surface area contributed by atoms with E-state index >= 15 is 0 Å². The van der Waals surface area contributed by atoms with E-state index in [-0.39, 0.29) is 12.4 Å². The van der Waals surface area contributed by atoms with E-state index in [1.807, 2.05) is 13.0 Å². The van der Waals surface area contributed by atoms with E-state index in [4.69, 9.17) is 23.5 Å². The monoisotopic (exact) mass is 428 g/mol. The Morgan fingerprint density at radius 2 is 1.74 bits per heavy atom. The second kappa shape index (κ2) is 10.2. The number of ether oxygens (including phenoxy) is 4. The number of nitrogens with one attached hydrogen (secondary N) is 2. The van der Waals surface area contributed by atoms with Crippen molar-refractivity contribution >= 4 is 11.7 Å². The lowest BCUT2D eigenvalue weighted by molar-refractivity contribution is 0.249. The number of carbonyl (C=O) groups is 1. The Balaban J connectivity index is 1.67. The smallest absolute Gasteiger partial charge is 0.319 e. The molecule has 0 bridgehead atoms. The molecule has 1 heterocycles. The lowest BCUT2D eigenvalue weighted by atomic mass is 10.1. The average molecular weight is 428 g/mol. The van der Waals surface area contributed by atoms with E-state index in [2.05, 4.69) is 20.8 Å². The fraction of sp³-hybridized carbons (Fsp3) is 0.286. The molecule has 10 nitrogen and oxygen atoms in total. The van der Waals surface area contributed by atoms with Gasteiger partial charge in [0.1, 0.15) is 5.75 Å². The minimum Gasteiger partial charge on any atom is -0.493 e. The van der Waals surface area contributed by atoms with Crippen LogP contribution in [0.4, 0.5) is 10.5 Å². The number of urea groups is 1. The van der Waals surface area contributed by atoms with Crippen molar-refractivity contribution in [1.29, 1.82) is 0 Å². The van der Waals surface area contributed by atoms with Gasteiger partial charge in [-0.2, -0.15) is 4.98 Å². The average Bonchev–Trinajstić information content (AvgIpc) is 3.27. The normalized spacial score (nSPS) is 10.3. The third kappa shape index (κ3) is 5.16. The van der Waals surface area contributed by atoms with Crippen molar-refractivity contribution in [1.82, 2.24) is 15.5 Å². The second-order valence-electron chi connectivity index (χ2n) is 6.16. The summed E-state index contributed by atoms with van der Waals surface area (Å²) in [5.41, 5.74) is 1.17. The molecule has 0 aliphatic carbocycles. The highest BCUT2D eigenvalue weighted by molar-refractivity contribution is 5.90. The van der Waals surface area contributed by atoms with Crippen LogP contribution >= 0.6 is 0 Å². The second-order valence-corrected chi connectivity index (χ2v) is 6.16. The van der Waals surface area contributed by atoms with Gasteiger partial charge in [0, 0.05) is 5.56 Å². The molecule has 0 saturated carbocycles. The molecular formula is C21H24N4O6. The Kier molecular flexibility index (Phi) is 7.15. The fourth-order valence-corrected chi connectivity index (χ4v) is 2.83. The zero-order chi connectivity index (χ0) is 22.2. The number of amides is 2. The maximum atomic E-state index is 12.2. The molecule has 1 aromatic heterocycles. The van der Waals surface area contributed by atoms with Gasteiger partial charge in [0.25, 0.3) is 0 Å². The van der Waals surface area contributed by atoms with Crippen LogP contribution in [-0.2, 0) is 6.54 Å². The molecule has 31 heavy (non-hydrogen) atoms. The number of hydrogen-bond acceptors (Lipinski definition) is 8. The summed E-state index contributed by atoms with van der Waals surface area (Å²) in [4.78, 5) is 16.6. The van der Waals surface area contributed by atoms with Gasteiger partial charge in [-0.1, -0.05) is 17.3 Å². The summed E-state index contributed by atoms with van der Waals surface area (Å²) in [6, 6.07) is 10.2. The number of rotatable bonds is 9. The molecule has 3 rings (SSSR count). The largest absolute Gasteiger partial charge is 0.493 e. The van der Waals surface area contributed by atoms with Crippen molar-refractivity contribution in [2.45, 2.75) is 13.5 Å². The lowest BCUT2D eigenvalue weighted by Gasteiger charge is -2.12. The van der Waals surface area contributed by atoms with E-state index in [9.17, 15) is 4.79 Å². The molecule has 10 heteroatoms. The van der Waals surface area contributed by atoms with Crippen LogP contribution in [0.3, 0.4) is 0 Å². The van der Waals surface area contributed by atoms with Crippen LogP contribution in [0.25, 0.3) is 11.4 Å². The van der Waals surface area contributed by atoms with E-state index in [1.54, 1.807) is 30.3 Å². The predicted octanol–water partition coefficient (Wildman–Crippen LogP) is 3.48. The number of methoxy groups -OCH3 is 3. The van der Waals surface area contributed by atoms with Gasteiger partial charge in [-0.05, 0) is 31.2 Å². The Bertz CT molecular complexity index is 1010. The van der Waals surface area contributed by atoms with Crippen molar-refractivity contribution < 1.29 is 28.3 Å². The van der Waals surface area contributed by atoms with Gasteiger partial charge in [-0.3, -0.25) is 0 Å². The summed E-state index contributed by atoms with van der Waals surface area (Å²) in [5, 5.41) is 9.37. The van der Waals surface area contributed by atoms with Crippen LogP contribution in [-0.4, -0.2) is 44.1 Å². The minimum absolute atomic E-state index is 0.0417. The van der Waals surface area contributed by atoms with Crippen molar-refractivity contribution in [2.75, 3.05) is 33.3 Å². The number of benzene rings is 2.